The van der Waals surface area contributed by atoms with Crippen molar-refractivity contribution in [3.8, 4) is 0 Å². The van der Waals surface area contributed by atoms with Crippen molar-refractivity contribution in [1.29, 1.82) is 0 Å². The van der Waals surface area contributed by atoms with E-state index in [0.29, 0.717) is 0 Å². The van der Waals surface area contributed by atoms with E-state index >= 15 is 0 Å². The van der Waals surface area contributed by atoms with Crippen molar-refractivity contribution in [2.75, 3.05) is 13.2 Å². The molecule has 0 spiro atoms. The van der Waals surface area contributed by atoms with Crippen LogP contribution in [0.3, 0.4) is 0 Å². The van der Waals surface area contributed by atoms with Gasteiger partial charge in [-0.15, -0.1) is 0 Å². The average molecular weight is 357 g/mol. The molecule has 3 aliphatic rings. The first kappa shape index (κ1) is 16.6. The number of ketones is 1. The number of hydrogen-bond donors (Lipinski definition) is 0. The highest BCUT2D eigenvalue weighted by molar-refractivity contribution is 6.08. The van der Waals surface area contributed by atoms with Gasteiger partial charge in [0.15, 0.2) is 12.4 Å². The summed E-state index contributed by atoms with van der Waals surface area (Å²) in [6, 6.07) is 4.86. The second kappa shape index (κ2) is 6.16. The van der Waals surface area contributed by atoms with E-state index in [4.69, 9.17) is 4.74 Å². The number of nitrogens with zero attached hydrogens (tertiary/aromatic N) is 1. The number of fused-ring (bicyclic) bond motifs is 5. The van der Waals surface area contributed by atoms with Crippen molar-refractivity contribution in [2.45, 2.75) is 6.42 Å². The van der Waals surface area contributed by atoms with Crippen molar-refractivity contribution in [3.63, 3.8) is 0 Å². The molecule has 0 aromatic heterocycles. The molecule has 1 heterocycles. The van der Waals surface area contributed by atoms with Gasteiger partial charge in [0, 0.05) is 5.56 Å². The Morgan fingerprint density at radius 3 is 2.19 bits per heavy atom. The highest BCUT2D eigenvalue weighted by Crippen LogP contribution is 2.52. The summed E-state index contributed by atoms with van der Waals surface area (Å²) in [5, 5.41) is 0. The second-order valence-electron chi connectivity index (χ2n) is 6.85. The van der Waals surface area contributed by atoms with E-state index in [1.807, 2.05) is 12.2 Å². The number of rotatable bonds is 5. The molecule has 2 amide bonds. The molecule has 134 valence electrons. The van der Waals surface area contributed by atoms with E-state index < -0.39 is 30.7 Å². The smallest absolute Gasteiger partial charge is 0.326 e. The van der Waals surface area contributed by atoms with Crippen LogP contribution < -0.4 is 0 Å². The minimum absolute atomic E-state index is 0.0718. The first-order chi connectivity index (χ1) is 12.5. The maximum Gasteiger partial charge on any atom is 0.326 e. The molecule has 7 heteroatoms. The topological polar surface area (TPSA) is 80.8 Å². The Morgan fingerprint density at radius 2 is 1.62 bits per heavy atom. The normalized spacial score (nSPS) is 28.6. The van der Waals surface area contributed by atoms with Gasteiger partial charge in [-0.05, 0) is 42.5 Å². The molecule has 0 N–H and O–H groups in total. The van der Waals surface area contributed by atoms with Crippen molar-refractivity contribution < 1.29 is 28.3 Å². The first-order valence-electron chi connectivity index (χ1n) is 8.43. The number of carbonyl (C=O) groups excluding carboxylic acids is 4. The highest BCUT2D eigenvalue weighted by Gasteiger charge is 2.59. The summed E-state index contributed by atoms with van der Waals surface area (Å²) in [6.07, 6.45) is 4.76. The van der Waals surface area contributed by atoms with E-state index in [1.165, 1.54) is 12.1 Å². The van der Waals surface area contributed by atoms with E-state index in [-0.39, 0.29) is 41.0 Å². The number of likely N-dealkylation sites (tertiary alicyclic amines) is 1. The largest absolute Gasteiger partial charge is 0.456 e. The fourth-order valence-electron chi connectivity index (χ4n) is 4.16. The molecule has 1 saturated carbocycles. The number of hydrogen-bond acceptors (Lipinski definition) is 5. The Morgan fingerprint density at radius 1 is 1.04 bits per heavy atom. The predicted octanol–water partition coefficient (Wildman–Crippen LogP) is 1.36. The standard InChI is InChI=1S/C19H16FNO5/c20-13-5-3-10(4-6-13)14(22)9-26-15(23)8-21-18(24)16-11-1-2-12(7-11)17(16)19(21)25/h1-6,11-12,16-17H,7-9H2/t11-,12-,16-,17+/m1/s1. The number of esters is 1. The van der Waals surface area contributed by atoms with Gasteiger partial charge in [0.05, 0.1) is 11.8 Å². The molecule has 1 saturated heterocycles. The zero-order valence-corrected chi connectivity index (χ0v) is 13.8. The monoisotopic (exact) mass is 357 g/mol. The molecule has 4 atom stereocenters. The van der Waals surface area contributed by atoms with Gasteiger partial charge in [-0.3, -0.25) is 24.1 Å². The summed E-state index contributed by atoms with van der Waals surface area (Å²) in [4.78, 5) is 49.8. The molecule has 0 unspecified atom stereocenters. The molecule has 0 radical (unpaired) electrons. The zero-order valence-electron chi connectivity index (χ0n) is 13.8. The van der Waals surface area contributed by atoms with Gasteiger partial charge < -0.3 is 4.74 Å². The lowest BCUT2D eigenvalue weighted by atomic mass is 9.85. The molecular formula is C19H16FNO5. The number of amides is 2. The molecule has 4 rings (SSSR count). The summed E-state index contributed by atoms with van der Waals surface area (Å²) >= 11 is 0. The van der Waals surface area contributed by atoms with Crippen LogP contribution in [-0.2, 0) is 19.1 Å². The minimum atomic E-state index is -0.817. The summed E-state index contributed by atoms with van der Waals surface area (Å²) in [6.45, 7) is -1.01. The molecule has 1 aromatic carbocycles. The number of imide groups is 1. The van der Waals surface area contributed by atoms with Crippen LogP contribution >= 0.6 is 0 Å². The van der Waals surface area contributed by atoms with Gasteiger partial charge in [-0.2, -0.15) is 0 Å². The molecule has 2 bridgehead atoms. The van der Waals surface area contributed by atoms with Gasteiger partial charge in [0.1, 0.15) is 12.4 Å². The Kier molecular flexibility index (Phi) is 3.94. The van der Waals surface area contributed by atoms with Crippen molar-refractivity contribution in [2.24, 2.45) is 23.7 Å². The lowest BCUT2D eigenvalue weighted by Crippen LogP contribution is -2.38. The summed E-state index contributed by atoms with van der Waals surface area (Å²) in [5.41, 5.74) is 0.213. The van der Waals surface area contributed by atoms with Crippen LogP contribution in [0.5, 0.6) is 0 Å². The summed E-state index contributed by atoms with van der Waals surface area (Å²) in [7, 11) is 0. The molecule has 1 aromatic rings. The van der Waals surface area contributed by atoms with Gasteiger partial charge in [-0.25, -0.2) is 4.39 Å². The van der Waals surface area contributed by atoms with E-state index in [0.717, 1.165) is 23.5 Å². The van der Waals surface area contributed by atoms with E-state index in [2.05, 4.69) is 0 Å². The van der Waals surface area contributed by atoms with Crippen molar-refractivity contribution in [3.05, 3.63) is 47.8 Å². The van der Waals surface area contributed by atoms with Crippen LogP contribution in [0.25, 0.3) is 0 Å². The van der Waals surface area contributed by atoms with E-state index in [9.17, 15) is 23.6 Å². The van der Waals surface area contributed by atoms with Gasteiger partial charge >= 0.3 is 5.97 Å². The molecule has 26 heavy (non-hydrogen) atoms. The summed E-state index contributed by atoms with van der Waals surface area (Å²) < 4.78 is 17.7. The molecule has 2 fully saturated rings. The van der Waals surface area contributed by atoms with Gasteiger partial charge in [0.2, 0.25) is 11.8 Å². The van der Waals surface area contributed by atoms with Crippen molar-refractivity contribution in [1.82, 2.24) is 4.90 Å². The minimum Gasteiger partial charge on any atom is -0.456 e. The Labute approximate surface area is 148 Å². The van der Waals surface area contributed by atoms with Crippen LogP contribution in [0.4, 0.5) is 4.39 Å². The van der Waals surface area contributed by atoms with Crippen LogP contribution in [0, 0.1) is 29.5 Å². The molecule has 2 aliphatic carbocycles. The molecule has 6 nitrogen and oxygen atoms in total. The summed E-state index contributed by atoms with van der Waals surface area (Å²) in [5.74, 6) is -3.04. The molecule has 1 aliphatic heterocycles. The van der Waals surface area contributed by atoms with Crippen LogP contribution in [0.2, 0.25) is 0 Å². The predicted molar refractivity (Wildman–Crippen MR) is 86.1 cm³/mol. The Bertz CT molecular complexity index is 801. The third-order valence-corrected chi connectivity index (χ3v) is 5.38. The van der Waals surface area contributed by atoms with Crippen LogP contribution in [-0.4, -0.2) is 41.6 Å². The maximum atomic E-state index is 12.9. The average Bonchev–Trinajstić information content (AvgIpc) is 3.30. The number of ether oxygens (including phenoxy) is 1. The van der Waals surface area contributed by atoms with Crippen LogP contribution in [0.15, 0.2) is 36.4 Å². The highest BCUT2D eigenvalue weighted by atomic mass is 19.1. The number of halogens is 1. The fourth-order valence-corrected chi connectivity index (χ4v) is 4.16. The Hall–Kier alpha value is -2.83. The van der Waals surface area contributed by atoms with Crippen LogP contribution in [0.1, 0.15) is 16.8 Å². The number of Topliss-reactive ketones (excluding diaryl/α,β-unsaturated/α-hetero) is 1. The lowest BCUT2D eigenvalue weighted by molar-refractivity contribution is -0.152. The SMILES string of the molecule is O=C(CN1C(=O)[C@@H]2[C@H](C1=O)[C@@H]1C=C[C@@H]2C1)OCC(=O)c1ccc(F)cc1. The first-order valence-corrected chi connectivity index (χ1v) is 8.43. The van der Waals surface area contributed by atoms with Gasteiger partial charge in [0.25, 0.3) is 0 Å². The Balaban J connectivity index is 1.34. The van der Waals surface area contributed by atoms with E-state index in [1.54, 1.807) is 0 Å². The quantitative estimate of drug-likeness (QED) is 0.344. The van der Waals surface area contributed by atoms with Gasteiger partial charge in [-0.1, -0.05) is 12.2 Å². The third-order valence-electron chi connectivity index (χ3n) is 5.38. The molecular weight excluding hydrogens is 341 g/mol. The number of carbonyl (C=O) groups is 4. The second-order valence-corrected chi connectivity index (χ2v) is 6.85. The lowest BCUT2D eigenvalue weighted by Gasteiger charge is -2.16. The fraction of sp³-hybridized carbons (Fsp3) is 0.368. The number of benzene rings is 1. The third kappa shape index (κ3) is 2.64. The van der Waals surface area contributed by atoms with Crippen molar-refractivity contribution >= 4 is 23.6 Å². The maximum absolute atomic E-state index is 12.9. The zero-order chi connectivity index (χ0) is 18.4. The number of allylic oxidation sites excluding steroid dienone is 2.